The third kappa shape index (κ3) is 6.81. The summed E-state index contributed by atoms with van der Waals surface area (Å²) in [5.74, 6) is 3.26. The molecule has 0 saturated heterocycles. The first kappa shape index (κ1) is 18.0. The van der Waals surface area contributed by atoms with E-state index in [4.69, 9.17) is 0 Å². The Morgan fingerprint density at radius 3 is 1.39 bits per heavy atom. The molecule has 0 aliphatic heterocycles. The lowest BCUT2D eigenvalue weighted by atomic mass is 9.74. The zero-order valence-corrected chi connectivity index (χ0v) is 13.8. The van der Waals surface area contributed by atoms with Crippen LogP contribution in [-0.2, 0) is 0 Å². The van der Waals surface area contributed by atoms with Crippen molar-refractivity contribution in [1.82, 2.24) is 0 Å². The quantitative estimate of drug-likeness (QED) is 0.432. The SMILES string of the molecule is CC.CC.CC1CCC(C2CCCCCC2)CC1.[HH].[HH]. The molecule has 0 heteroatoms. The van der Waals surface area contributed by atoms with E-state index in [9.17, 15) is 0 Å². The Morgan fingerprint density at radius 2 is 0.944 bits per heavy atom. The standard InChI is InChI=1S/C14H26.2C2H6.2H2/c1-12-8-10-14(11-9-12)13-6-4-2-3-5-7-13;2*1-2;;/h12-14H,2-11H2,1H3;2*1-2H3;2*1H. The third-order valence-corrected chi connectivity index (χ3v) is 4.63. The van der Waals surface area contributed by atoms with Crippen molar-refractivity contribution in [3.63, 3.8) is 0 Å². The van der Waals surface area contributed by atoms with Gasteiger partial charge in [0.2, 0.25) is 0 Å². The smallest absolute Gasteiger partial charge is 0 e. The Balaban J connectivity index is -0.000000444. The van der Waals surface area contributed by atoms with E-state index in [-0.39, 0.29) is 2.85 Å². The number of hydrogen-bond donors (Lipinski definition) is 0. The van der Waals surface area contributed by atoms with Crippen LogP contribution in [0.15, 0.2) is 0 Å². The summed E-state index contributed by atoms with van der Waals surface area (Å²) >= 11 is 0. The Morgan fingerprint density at radius 1 is 0.556 bits per heavy atom. The van der Waals surface area contributed by atoms with Gasteiger partial charge in [-0.2, -0.15) is 0 Å². The zero-order chi connectivity index (χ0) is 13.8. The van der Waals surface area contributed by atoms with Gasteiger partial charge in [0.1, 0.15) is 0 Å². The molecular weight excluding hydrogens is 216 g/mol. The molecule has 2 aliphatic rings. The lowest BCUT2D eigenvalue weighted by molar-refractivity contribution is 0.196. The van der Waals surface area contributed by atoms with Crippen LogP contribution in [0.5, 0.6) is 0 Å². The Bertz CT molecular complexity index is 155. The summed E-state index contributed by atoms with van der Waals surface area (Å²) in [6, 6.07) is 0. The molecule has 0 aromatic rings. The highest BCUT2D eigenvalue weighted by atomic mass is 14.3. The first-order chi connectivity index (χ1) is 8.86. The van der Waals surface area contributed by atoms with Gasteiger partial charge in [-0.25, -0.2) is 0 Å². The lowest BCUT2D eigenvalue weighted by Gasteiger charge is -2.32. The molecule has 0 heterocycles. The van der Waals surface area contributed by atoms with Crippen LogP contribution in [0.25, 0.3) is 0 Å². The first-order valence-corrected chi connectivity index (χ1v) is 8.86. The maximum Gasteiger partial charge on any atom is 0 e. The number of hydrogen-bond acceptors (Lipinski definition) is 0. The average molecular weight is 259 g/mol. The van der Waals surface area contributed by atoms with Crippen molar-refractivity contribution >= 4 is 0 Å². The molecule has 0 aromatic heterocycles. The number of rotatable bonds is 1. The molecule has 114 valence electrons. The Kier molecular flexibility index (Phi) is 12.1. The van der Waals surface area contributed by atoms with Crippen LogP contribution < -0.4 is 0 Å². The van der Waals surface area contributed by atoms with E-state index in [1.54, 1.807) is 25.7 Å². The van der Waals surface area contributed by atoms with Crippen molar-refractivity contribution in [3.8, 4) is 0 Å². The normalized spacial score (nSPS) is 29.2. The Hall–Kier alpha value is 0. The van der Waals surface area contributed by atoms with Gasteiger partial charge in [0, 0.05) is 2.85 Å². The third-order valence-electron chi connectivity index (χ3n) is 4.63. The van der Waals surface area contributed by atoms with Crippen molar-refractivity contribution in [1.29, 1.82) is 0 Å². The van der Waals surface area contributed by atoms with E-state index in [0.717, 1.165) is 17.8 Å². The molecule has 2 saturated carbocycles. The van der Waals surface area contributed by atoms with Crippen molar-refractivity contribution in [3.05, 3.63) is 0 Å². The summed E-state index contributed by atoms with van der Waals surface area (Å²) in [7, 11) is 0. The Labute approximate surface area is 120 Å². The second kappa shape index (κ2) is 12.1. The molecule has 0 unspecified atom stereocenters. The van der Waals surface area contributed by atoms with Crippen molar-refractivity contribution in [2.24, 2.45) is 17.8 Å². The van der Waals surface area contributed by atoms with Crippen LogP contribution in [0, 0.1) is 17.8 Å². The van der Waals surface area contributed by atoms with Gasteiger partial charge in [-0.05, 0) is 30.6 Å². The molecule has 0 spiro atoms. The highest BCUT2D eigenvalue weighted by Gasteiger charge is 2.26. The van der Waals surface area contributed by atoms with Crippen LogP contribution in [0.3, 0.4) is 0 Å². The summed E-state index contributed by atoms with van der Waals surface area (Å²) in [5, 5.41) is 0. The molecule has 0 aromatic carbocycles. The topological polar surface area (TPSA) is 0 Å². The highest BCUT2D eigenvalue weighted by Crippen LogP contribution is 2.38. The first-order valence-electron chi connectivity index (χ1n) is 8.86. The van der Waals surface area contributed by atoms with Crippen LogP contribution in [0.2, 0.25) is 0 Å². The average Bonchev–Trinajstić information content (AvgIpc) is 2.73. The van der Waals surface area contributed by atoms with Gasteiger partial charge < -0.3 is 0 Å². The second-order valence-electron chi connectivity index (χ2n) is 5.77. The van der Waals surface area contributed by atoms with Gasteiger partial charge in [0.25, 0.3) is 0 Å². The molecule has 2 fully saturated rings. The predicted molar refractivity (Wildman–Crippen MR) is 89.2 cm³/mol. The minimum atomic E-state index is 0. The van der Waals surface area contributed by atoms with E-state index in [0.29, 0.717) is 0 Å². The minimum Gasteiger partial charge on any atom is -0.0683 e. The van der Waals surface area contributed by atoms with Crippen LogP contribution in [0.1, 0.15) is 102 Å². The maximum absolute atomic E-state index is 2.43. The van der Waals surface area contributed by atoms with Gasteiger partial charge in [-0.15, -0.1) is 0 Å². The summed E-state index contributed by atoms with van der Waals surface area (Å²) < 4.78 is 0. The van der Waals surface area contributed by atoms with Crippen molar-refractivity contribution < 1.29 is 2.85 Å². The van der Waals surface area contributed by atoms with E-state index in [1.807, 2.05) is 27.7 Å². The van der Waals surface area contributed by atoms with Gasteiger partial charge in [0.15, 0.2) is 0 Å². The van der Waals surface area contributed by atoms with Gasteiger partial charge in [-0.3, -0.25) is 0 Å². The van der Waals surface area contributed by atoms with Crippen molar-refractivity contribution in [2.45, 2.75) is 98.8 Å². The summed E-state index contributed by atoms with van der Waals surface area (Å²) in [6.45, 7) is 10.4. The summed E-state index contributed by atoms with van der Waals surface area (Å²) in [5.41, 5.74) is 0. The largest absolute Gasteiger partial charge is 0.0683 e. The van der Waals surface area contributed by atoms with Gasteiger partial charge in [-0.1, -0.05) is 86.0 Å². The summed E-state index contributed by atoms with van der Waals surface area (Å²) in [4.78, 5) is 0. The van der Waals surface area contributed by atoms with E-state index in [1.165, 1.54) is 38.5 Å². The molecule has 0 bridgehead atoms. The fourth-order valence-corrected chi connectivity index (χ4v) is 3.54. The van der Waals surface area contributed by atoms with Crippen molar-refractivity contribution in [2.75, 3.05) is 0 Å². The van der Waals surface area contributed by atoms with Crippen LogP contribution in [-0.4, -0.2) is 0 Å². The fourth-order valence-electron chi connectivity index (χ4n) is 3.54. The second-order valence-corrected chi connectivity index (χ2v) is 5.77. The van der Waals surface area contributed by atoms with Crippen LogP contribution in [0.4, 0.5) is 0 Å². The molecule has 0 atom stereocenters. The summed E-state index contributed by atoms with van der Waals surface area (Å²) in [6.07, 6.45) is 15.3. The molecule has 0 radical (unpaired) electrons. The van der Waals surface area contributed by atoms with E-state index in [2.05, 4.69) is 6.92 Å². The molecular formula is C18H42. The molecule has 0 amide bonds. The fraction of sp³-hybridized carbons (Fsp3) is 1.00. The monoisotopic (exact) mass is 258 g/mol. The molecule has 0 N–H and O–H groups in total. The minimum absolute atomic E-state index is 0. The molecule has 2 rings (SSSR count). The van der Waals surface area contributed by atoms with Gasteiger partial charge in [0.05, 0.1) is 0 Å². The maximum atomic E-state index is 2.43. The van der Waals surface area contributed by atoms with Gasteiger partial charge >= 0.3 is 0 Å². The lowest BCUT2D eigenvalue weighted by Crippen LogP contribution is -2.20. The van der Waals surface area contributed by atoms with E-state index >= 15 is 0 Å². The molecule has 0 nitrogen and oxygen atoms in total. The zero-order valence-electron chi connectivity index (χ0n) is 13.8. The van der Waals surface area contributed by atoms with E-state index < -0.39 is 0 Å². The highest BCUT2D eigenvalue weighted by molar-refractivity contribution is 4.77. The van der Waals surface area contributed by atoms with Crippen LogP contribution >= 0.6 is 0 Å². The molecule has 18 heavy (non-hydrogen) atoms. The predicted octanol–water partition coefficient (Wildman–Crippen LogP) is 7.33. The molecule has 2 aliphatic carbocycles.